The van der Waals surface area contributed by atoms with Crippen molar-refractivity contribution in [2.24, 2.45) is 5.41 Å². The minimum absolute atomic E-state index is 0.0236. The van der Waals surface area contributed by atoms with Crippen LogP contribution in [0.25, 0.3) is 11.1 Å². The first-order chi connectivity index (χ1) is 10.8. The summed E-state index contributed by atoms with van der Waals surface area (Å²) in [5.74, 6) is 0.612. The lowest BCUT2D eigenvalue weighted by atomic mass is 9.95. The monoisotopic (exact) mass is 309 g/mol. The topological polar surface area (TPSA) is 55.4 Å². The summed E-state index contributed by atoms with van der Waals surface area (Å²) in [4.78, 5) is 24.7. The maximum absolute atomic E-state index is 12.6. The molecule has 0 heterocycles. The predicted molar refractivity (Wildman–Crippen MR) is 89.9 cm³/mol. The molecule has 0 bridgehead atoms. The molecule has 118 valence electrons. The number of hydrogen-bond donors (Lipinski definition) is 1. The number of carbonyl (C=O) groups excluding carboxylic acids is 2. The van der Waals surface area contributed by atoms with Gasteiger partial charge in [-0.05, 0) is 41.5 Å². The molecule has 4 heteroatoms. The van der Waals surface area contributed by atoms with Crippen LogP contribution in [0, 0.1) is 5.41 Å². The second-order valence-electron chi connectivity index (χ2n) is 6.71. The Bertz CT molecular complexity index is 816. The molecule has 0 saturated carbocycles. The Labute approximate surface area is 135 Å². The van der Waals surface area contributed by atoms with Gasteiger partial charge in [-0.1, -0.05) is 26.8 Å². The quantitative estimate of drug-likeness (QED) is 0.781. The summed E-state index contributed by atoms with van der Waals surface area (Å²) in [7, 11) is 1.60. The summed E-state index contributed by atoms with van der Waals surface area (Å²) in [5, 5.41) is 2.87. The Kier molecular flexibility index (Phi) is 3.48. The van der Waals surface area contributed by atoms with Crippen molar-refractivity contribution >= 4 is 17.4 Å². The van der Waals surface area contributed by atoms with E-state index in [1.54, 1.807) is 25.3 Å². The van der Waals surface area contributed by atoms with Crippen molar-refractivity contribution in [2.45, 2.75) is 20.8 Å². The third kappa shape index (κ3) is 2.61. The lowest BCUT2D eigenvalue weighted by molar-refractivity contribution is -0.123. The molecule has 0 fully saturated rings. The number of carbonyl (C=O) groups is 2. The number of ketones is 1. The van der Waals surface area contributed by atoms with Crippen LogP contribution in [0.4, 0.5) is 5.69 Å². The fourth-order valence-corrected chi connectivity index (χ4v) is 2.58. The van der Waals surface area contributed by atoms with Crippen LogP contribution >= 0.6 is 0 Å². The van der Waals surface area contributed by atoms with E-state index >= 15 is 0 Å². The van der Waals surface area contributed by atoms with Crippen molar-refractivity contribution in [1.29, 1.82) is 0 Å². The van der Waals surface area contributed by atoms with Crippen molar-refractivity contribution in [3.05, 3.63) is 47.5 Å². The van der Waals surface area contributed by atoms with Crippen LogP contribution in [0.5, 0.6) is 5.75 Å². The van der Waals surface area contributed by atoms with E-state index in [1.165, 1.54) is 0 Å². The molecular weight excluding hydrogens is 290 g/mol. The molecule has 0 aliphatic heterocycles. The van der Waals surface area contributed by atoms with Crippen LogP contribution in [0.2, 0.25) is 0 Å². The first-order valence-electron chi connectivity index (χ1n) is 7.50. The van der Waals surface area contributed by atoms with Crippen molar-refractivity contribution in [1.82, 2.24) is 0 Å². The molecule has 0 saturated heterocycles. The van der Waals surface area contributed by atoms with Crippen LogP contribution in [-0.2, 0) is 4.79 Å². The number of rotatable bonds is 2. The zero-order valence-electron chi connectivity index (χ0n) is 13.7. The van der Waals surface area contributed by atoms with Gasteiger partial charge in [-0.2, -0.15) is 0 Å². The smallest absolute Gasteiger partial charge is 0.229 e. The van der Waals surface area contributed by atoms with E-state index in [9.17, 15) is 9.59 Å². The fraction of sp³-hybridized carbons (Fsp3) is 0.263. The van der Waals surface area contributed by atoms with Crippen LogP contribution in [0.3, 0.4) is 0 Å². The zero-order chi connectivity index (χ0) is 16.8. The third-order valence-corrected chi connectivity index (χ3v) is 3.96. The standard InChI is InChI=1S/C19H19NO3/c1-19(2,3)18(22)20-11-5-7-13-15-10-12(23-4)6-8-14(15)17(21)16(13)9-11/h5-10H,1-4H3,(H,20,22). The molecule has 2 aromatic rings. The molecule has 0 spiro atoms. The molecule has 1 N–H and O–H groups in total. The van der Waals surface area contributed by atoms with Gasteiger partial charge >= 0.3 is 0 Å². The minimum Gasteiger partial charge on any atom is -0.497 e. The van der Waals surface area contributed by atoms with Crippen LogP contribution < -0.4 is 10.1 Å². The van der Waals surface area contributed by atoms with Gasteiger partial charge in [0.1, 0.15) is 5.75 Å². The second kappa shape index (κ2) is 5.23. The number of nitrogens with one attached hydrogen (secondary N) is 1. The van der Waals surface area contributed by atoms with Crippen LogP contribution in [-0.4, -0.2) is 18.8 Å². The van der Waals surface area contributed by atoms with Gasteiger partial charge in [-0.15, -0.1) is 0 Å². The second-order valence-corrected chi connectivity index (χ2v) is 6.71. The van der Waals surface area contributed by atoms with E-state index in [0.717, 1.165) is 16.9 Å². The van der Waals surface area contributed by atoms with Gasteiger partial charge in [0.05, 0.1) is 7.11 Å². The molecule has 23 heavy (non-hydrogen) atoms. The highest BCUT2D eigenvalue weighted by atomic mass is 16.5. The number of hydrogen-bond acceptors (Lipinski definition) is 3. The lowest BCUT2D eigenvalue weighted by Gasteiger charge is -2.18. The zero-order valence-corrected chi connectivity index (χ0v) is 13.7. The molecule has 4 nitrogen and oxygen atoms in total. The van der Waals surface area contributed by atoms with Gasteiger partial charge in [0.2, 0.25) is 5.91 Å². The molecule has 1 amide bonds. The number of ether oxygens (including phenoxy) is 1. The van der Waals surface area contributed by atoms with E-state index in [4.69, 9.17) is 4.74 Å². The Balaban J connectivity index is 1.99. The van der Waals surface area contributed by atoms with Crippen molar-refractivity contribution < 1.29 is 14.3 Å². The fourth-order valence-electron chi connectivity index (χ4n) is 2.58. The van der Waals surface area contributed by atoms with Crippen LogP contribution in [0.15, 0.2) is 36.4 Å². The highest BCUT2D eigenvalue weighted by molar-refractivity contribution is 6.22. The van der Waals surface area contributed by atoms with E-state index < -0.39 is 5.41 Å². The summed E-state index contributed by atoms with van der Waals surface area (Å²) >= 11 is 0. The highest BCUT2D eigenvalue weighted by Gasteiger charge is 2.28. The number of anilines is 1. The molecule has 0 atom stereocenters. The Morgan fingerprint density at radius 1 is 0.957 bits per heavy atom. The number of amides is 1. The van der Waals surface area contributed by atoms with Gasteiger partial charge in [-0.3, -0.25) is 9.59 Å². The Morgan fingerprint density at radius 3 is 2.30 bits per heavy atom. The van der Waals surface area contributed by atoms with Gasteiger partial charge in [-0.25, -0.2) is 0 Å². The average molecular weight is 309 g/mol. The lowest BCUT2D eigenvalue weighted by Crippen LogP contribution is -2.27. The molecule has 0 aromatic heterocycles. The van der Waals surface area contributed by atoms with Crippen molar-refractivity contribution in [3.63, 3.8) is 0 Å². The molecule has 1 aliphatic rings. The van der Waals surface area contributed by atoms with Gasteiger partial charge in [0.15, 0.2) is 5.78 Å². The largest absolute Gasteiger partial charge is 0.497 e. The molecule has 0 radical (unpaired) electrons. The summed E-state index contributed by atoms with van der Waals surface area (Å²) in [5.41, 5.74) is 3.17. The summed E-state index contributed by atoms with van der Waals surface area (Å²) in [6, 6.07) is 10.9. The number of fused-ring (bicyclic) bond motifs is 3. The van der Waals surface area contributed by atoms with Crippen molar-refractivity contribution in [3.8, 4) is 16.9 Å². The molecular formula is C19H19NO3. The van der Waals surface area contributed by atoms with E-state index in [-0.39, 0.29) is 11.7 Å². The number of methoxy groups -OCH3 is 1. The Hall–Kier alpha value is -2.62. The highest BCUT2D eigenvalue weighted by Crippen LogP contribution is 2.39. The average Bonchev–Trinajstić information content (AvgIpc) is 2.78. The predicted octanol–water partition coefficient (Wildman–Crippen LogP) is 3.89. The normalized spacial score (nSPS) is 12.6. The summed E-state index contributed by atoms with van der Waals surface area (Å²) < 4.78 is 5.24. The molecule has 2 aromatic carbocycles. The van der Waals surface area contributed by atoms with Gasteiger partial charge in [0, 0.05) is 22.2 Å². The summed E-state index contributed by atoms with van der Waals surface area (Å²) in [6.07, 6.45) is 0. The van der Waals surface area contributed by atoms with Crippen molar-refractivity contribution in [2.75, 3.05) is 12.4 Å². The molecule has 3 rings (SSSR count). The maximum Gasteiger partial charge on any atom is 0.229 e. The number of benzene rings is 2. The van der Waals surface area contributed by atoms with Crippen LogP contribution in [0.1, 0.15) is 36.7 Å². The molecule has 0 unspecified atom stereocenters. The van der Waals surface area contributed by atoms with E-state index in [1.807, 2.05) is 39.0 Å². The Morgan fingerprint density at radius 2 is 1.65 bits per heavy atom. The molecule has 1 aliphatic carbocycles. The first kappa shape index (κ1) is 15.3. The van der Waals surface area contributed by atoms with E-state index in [2.05, 4.69) is 5.32 Å². The summed E-state index contributed by atoms with van der Waals surface area (Å²) in [6.45, 7) is 5.55. The third-order valence-electron chi connectivity index (χ3n) is 3.96. The SMILES string of the molecule is COc1ccc2c(c1)-c1ccc(NC(=O)C(C)(C)C)cc1C2=O. The van der Waals surface area contributed by atoms with E-state index in [0.29, 0.717) is 16.8 Å². The first-order valence-corrected chi connectivity index (χ1v) is 7.50. The van der Waals surface area contributed by atoms with Gasteiger partial charge < -0.3 is 10.1 Å². The minimum atomic E-state index is -0.487. The maximum atomic E-state index is 12.6. The van der Waals surface area contributed by atoms with Gasteiger partial charge in [0.25, 0.3) is 0 Å².